The molecule has 0 radical (unpaired) electrons. The number of carbonyl (C=O) groups excluding carboxylic acids is 1. The summed E-state index contributed by atoms with van der Waals surface area (Å²) in [4.78, 5) is 22.1. The molecule has 106 valence electrons. The largest absolute Gasteiger partial charge is 0.272 e. The van der Waals surface area contributed by atoms with Crippen molar-refractivity contribution in [1.29, 1.82) is 0 Å². The van der Waals surface area contributed by atoms with Gasteiger partial charge in [0.2, 0.25) is 0 Å². The molecule has 0 aliphatic carbocycles. The van der Waals surface area contributed by atoms with Gasteiger partial charge in [-0.25, -0.2) is 4.98 Å². The minimum Gasteiger partial charge on any atom is -0.272 e. The number of para-hydroxylation sites is 2. The van der Waals surface area contributed by atoms with Crippen LogP contribution in [0, 0.1) is 0 Å². The summed E-state index contributed by atoms with van der Waals surface area (Å²) in [5, 5.41) is 2.09. The van der Waals surface area contributed by atoms with Crippen LogP contribution in [-0.2, 0) is 16.1 Å². The van der Waals surface area contributed by atoms with Gasteiger partial charge < -0.3 is 0 Å². The second kappa shape index (κ2) is 6.03. The van der Waals surface area contributed by atoms with E-state index in [1.54, 1.807) is 0 Å². The SMILES string of the molecule is CON(C(=O)Cc1nc2ccccc2s1)c1ccccc1. The number of hydrogen-bond acceptors (Lipinski definition) is 4. The topological polar surface area (TPSA) is 42.4 Å². The van der Waals surface area contributed by atoms with E-state index in [2.05, 4.69) is 4.98 Å². The van der Waals surface area contributed by atoms with Crippen LogP contribution in [0.3, 0.4) is 0 Å². The lowest BCUT2D eigenvalue weighted by Crippen LogP contribution is -2.31. The first-order chi connectivity index (χ1) is 10.3. The third-order valence-corrected chi connectivity index (χ3v) is 4.08. The Balaban J connectivity index is 1.81. The van der Waals surface area contributed by atoms with Crippen LogP contribution in [0.2, 0.25) is 0 Å². The van der Waals surface area contributed by atoms with Gasteiger partial charge in [0, 0.05) is 0 Å². The van der Waals surface area contributed by atoms with Crippen molar-refractivity contribution < 1.29 is 9.63 Å². The lowest BCUT2D eigenvalue weighted by Gasteiger charge is -2.18. The predicted octanol–water partition coefficient (Wildman–Crippen LogP) is 3.43. The Kier molecular flexibility index (Phi) is 3.94. The molecule has 5 heteroatoms. The average Bonchev–Trinajstić information content (AvgIpc) is 2.91. The number of carbonyl (C=O) groups is 1. The van der Waals surface area contributed by atoms with Crippen LogP contribution < -0.4 is 5.06 Å². The molecule has 2 aromatic carbocycles. The fraction of sp³-hybridized carbons (Fsp3) is 0.125. The van der Waals surface area contributed by atoms with Crippen LogP contribution in [0.4, 0.5) is 5.69 Å². The molecule has 1 aromatic heterocycles. The van der Waals surface area contributed by atoms with E-state index in [4.69, 9.17) is 4.84 Å². The van der Waals surface area contributed by atoms with Gasteiger partial charge in [-0.2, -0.15) is 5.06 Å². The quantitative estimate of drug-likeness (QED) is 0.693. The maximum absolute atomic E-state index is 12.4. The highest BCUT2D eigenvalue weighted by Gasteiger charge is 2.17. The molecular weight excluding hydrogens is 284 g/mol. The zero-order valence-electron chi connectivity index (χ0n) is 11.5. The number of hydrogen-bond donors (Lipinski definition) is 0. The molecule has 0 bridgehead atoms. The van der Waals surface area contributed by atoms with Crippen molar-refractivity contribution in [3.63, 3.8) is 0 Å². The smallest absolute Gasteiger partial charge is 0.257 e. The Morgan fingerprint density at radius 1 is 1.14 bits per heavy atom. The van der Waals surface area contributed by atoms with Crippen molar-refractivity contribution >= 4 is 33.1 Å². The zero-order chi connectivity index (χ0) is 14.7. The number of aromatic nitrogens is 1. The van der Waals surface area contributed by atoms with Crippen molar-refractivity contribution in [1.82, 2.24) is 4.98 Å². The van der Waals surface area contributed by atoms with Crippen LogP contribution in [0.25, 0.3) is 10.2 Å². The fourth-order valence-electron chi connectivity index (χ4n) is 2.11. The molecule has 0 unspecified atom stereocenters. The first kappa shape index (κ1) is 13.7. The third kappa shape index (κ3) is 2.94. The van der Waals surface area contributed by atoms with Gasteiger partial charge >= 0.3 is 0 Å². The summed E-state index contributed by atoms with van der Waals surface area (Å²) < 4.78 is 1.09. The molecule has 0 aliphatic rings. The van der Waals surface area contributed by atoms with Crippen LogP contribution in [0.15, 0.2) is 54.6 Å². The summed E-state index contributed by atoms with van der Waals surface area (Å²) in [6.45, 7) is 0. The van der Waals surface area contributed by atoms with Gasteiger partial charge in [0.15, 0.2) is 0 Å². The molecule has 1 amide bonds. The molecule has 0 saturated carbocycles. The molecule has 3 aromatic rings. The molecule has 0 aliphatic heterocycles. The second-order valence-corrected chi connectivity index (χ2v) is 5.57. The Labute approximate surface area is 126 Å². The number of anilines is 1. The van der Waals surface area contributed by atoms with Gasteiger partial charge in [0.25, 0.3) is 5.91 Å². The highest BCUT2D eigenvalue weighted by atomic mass is 32.1. The van der Waals surface area contributed by atoms with Crippen molar-refractivity contribution in [3.05, 3.63) is 59.6 Å². The van der Waals surface area contributed by atoms with Crippen LogP contribution in [0.5, 0.6) is 0 Å². The van der Waals surface area contributed by atoms with Crippen LogP contribution in [0.1, 0.15) is 5.01 Å². The van der Waals surface area contributed by atoms with Gasteiger partial charge in [-0.05, 0) is 24.3 Å². The molecule has 0 atom stereocenters. The summed E-state index contributed by atoms with van der Waals surface area (Å²) in [6, 6.07) is 17.2. The van der Waals surface area contributed by atoms with Crippen molar-refractivity contribution in [2.75, 3.05) is 12.2 Å². The van der Waals surface area contributed by atoms with E-state index >= 15 is 0 Å². The number of nitrogens with zero attached hydrogens (tertiary/aromatic N) is 2. The number of rotatable bonds is 4. The highest BCUT2D eigenvalue weighted by molar-refractivity contribution is 7.18. The summed E-state index contributed by atoms with van der Waals surface area (Å²) >= 11 is 1.53. The standard InChI is InChI=1S/C16H14N2O2S/c1-20-18(12-7-3-2-4-8-12)16(19)11-15-17-13-9-5-6-10-14(13)21-15/h2-10H,11H2,1H3. The van der Waals surface area contributed by atoms with Crippen molar-refractivity contribution in [2.24, 2.45) is 0 Å². The van der Waals surface area contributed by atoms with E-state index in [1.165, 1.54) is 23.5 Å². The number of benzene rings is 2. The monoisotopic (exact) mass is 298 g/mol. The van der Waals surface area contributed by atoms with Crippen LogP contribution in [-0.4, -0.2) is 18.0 Å². The molecule has 4 nitrogen and oxygen atoms in total. The maximum Gasteiger partial charge on any atom is 0.257 e. The fourth-order valence-corrected chi connectivity index (χ4v) is 3.07. The molecule has 3 rings (SSSR count). The van der Waals surface area contributed by atoms with E-state index in [-0.39, 0.29) is 12.3 Å². The number of amides is 1. The number of fused-ring (bicyclic) bond motifs is 1. The summed E-state index contributed by atoms with van der Waals surface area (Å²) in [5.41, 5.74) is 1.64. The van der Waals surface area contributed by atoms with Gasteiger partial charge in [-0.15, -0.1) is 11.3 Å². The van der Waals surface area contributed by atoms with Gasteiger partial charge in [-0.3, -0.25) is 9.63 Å². The molecular formula is C16H14N2O2S. The summed E-state index contributed by atoms with van der Waals surface area (Å²) in [5.74, 6) is -0.136. The Hall–Kier alpha value is -2.24. The van der Waals surface area contributed by atoms with Gasteiger partial charge in [0.05, 0.1) is 29.4 Å². The first-order valence-corrected chi connectivity index (χ1v) is 7.36. The molecule has 0 fully saturated rings. The summed E-state index contributed by atoms with van der Waals surface area (Å²) in [7, 11) is 1.49. The third-order valence-electron chi connectivity index (χ3n) is 3.04. The van der Waals surface area contributed by atoms with Gasteiger partial charge in [-0.1, -0.05) is 30.3 Å². The maximum atomic E-state index is 12.4. The minimum absolute atomic E-state index is 0.136. The summed E-state index contributed by atoms with van der Waals surface area (Å²) in [6.07, 6.45) is 0.224. The van der Waals surface area contributed by atoms with E-state index in [0.717, 1.165) is 15.2 Å². The average molecular weight is 298 g/mol. The molecule has 21 heavy (non-hydrogen) atoms. The minimum atomic E-state index is -0.136. The normalized spacial score (nSPS) is 10.7. The molecule has 1 heterocycles. The molecule has 0 saturated heterocycles. The lowest BCUT2D eigenvalue weighted by atomic mass is 10.3. The Bertz CT molecular complexity index is 722. The Morgan fingerprint density at radius 2 is 1.86 bits per heavy atom. The molecule has 0 N–H and O–H groups in total. The first-order valence-electron chi connectivity index (χ1n) is 6.54. The van der Waals surface area contributed by atoms with Gasteiger partial charge in [0.1, 0.15) is 5.01 Å². The van der Waals surface area contributed by atoms with E-state index in [9.17, 15) is 4.79 Å². The Morgan fingerprint density at radius 3 is 2.57 bits per heavy atom. The zero-order valence-corrected chi connectivity index (χ0v) is 12.3. The predicted molar refractivity (Wildman–Crippen MR) is 84.3 cm³/mol. The van der Waals surface area contributed by atoms with Crippen molar-refractivity contribution in [3.8, 4) is 0 Å². The molecule has 0 spiro atoms. The lowest BCUT2D eigenvalue weighted by molar-refractivity contribution is -0.124. The van der Waals surface area contributed by atoms with E-state index in [1.807, 2.05) is 54.6 Å². The van der Waals surface area contributed by atoms with Crippen LogP contribution >= 0.6 is 11.3 Å². The number of hydroxylamine groups is 1. The van der Waals surface area contributed by atoms with E-state index < -0.39 is 0 Å². The number of thiazole rings is 1. The van der Waals surface area contributed by atoms with Crippen molar-refractivity contribution in [2.45, 2.75) is 6.42 Å². The second-order valence-electron chi connectivity index (χ2n) is 4.46. The highest BCUT2D eigenvalue weighted by Crippen LogP contribution is 2.23. The van der Waals surface area contributed by atoms with E-state index in [0.29, 0.717) is 5.69 Å².